The molecule has 0 radical (unpaired) electrons. The van der Waals surface area contributed by atoms with E-state index in [4.69, 9.17) is 5.73 Å². The zero-order chi connectivity index (χ0) is 12.6. The maximum absolute atomic E-state index is 12.4. The molecule has 1 aliphatic heterocycles. The molecular weight excluding hydrogens is 214 g/mol. The first-order chi connectivity index (χ1) is 7.96. The number of amides is 1. The van der Waals surface area contributed by atoms with Gasteiger partial charge in [0.25, 0.3) is 0 Å². The molecular formula is C13H25N3O. The number of nitrogens with two attached hydrogens (primary N) is 1. The first kappa shape index (κ1) is 12.8. The summed E-state index contributed by atoms with van der Waals surface area (Å²) in [6.45, 7) is 9.96. The first-order valence-corrected chi connectivity index (χ1v) is 6.79. The van der Waals surface area contributed by atoms with Crippen molar-refractivity contribution < 1.29 is 4.79 Å². The Labute approximate surface area is 104 Å². The van der Waals surface area contributed by atoms with Crippen molar-refractivity contribution in [3.8, 4) is 0 Å². The topological polar surface area (TPSA) is 49.6 Å². The zero-order valence-corrected chi connectivity index (χ0v) is 11.3. The lowest BCUT2D eigenvalue weighted by Gasteiger charge is -2.42. The van der Waals surface area contributed by atoms with Crippen molar-refractivity contribution in [2.45, 2.75) is 45.2 Å². The van der Waals surface area contributed by atoms with Gasteiger partial charge >= 0.3 is 0 Å². The Morgan fingerprint density at radius 3 is 2.53 bits per heavy atom. The molecule has 17 heavy (non-hydrogen) atoms. The highest BCUT2D eigenvalue weighted by molar-refractivity contribution is 5.86. The fourth-order valence-corrected chi connectivity index (χ4v) is 2.85. The van der Waals surface area contributed by atoms with Crippen LogP contribution in [0.4, 0.5) is 0 Å². The number of hydrogen-bond acceptors (Lipinski definition) is 3. The minimum absolute atomic E-state index is 0.155. The van der Waals surface area contributed by atoms with E-state index in [2.05, 4.69) is 18.7 Å². The summed E-state index contributed by atoms with van der Waals surface area (Å²) in [5.41, 5.74) is 5.57. The molecule has 0 aromatic carbocycles. The number of rotatable bonds is 3. The summed E-state index contributed by atoms with van der Waals surface area (Å²) in [6, 6.07) is 0.452. The third-order valence-electron chi connectivity index (χ3n) is 4.34. The second-order valence-corrected chi connectivity index (χ2v) is 5.79. The van der Waals surface area contributed by atoms with E-state index in [9.17, 15) is 4.79 Å². The quantitative estimate of drug-likeness (QED) is 0.787. The summed E-state index contributed by atoms with van der Waals surface area (Å²) < 4.78 is 0. The highest BCUT2D eigenvalue weighted by atomic mass is 16.2. The van der Waals surface area contributed by atoms with Crippen LogP contribution in [0.5, 0.6) is 0 Å². The van der Waals surface area contributed by atoms with Gasteiger partial charge in [0.2, 0.25) is 5.91 Å². The molecule has 0 aromatic heterocycles. The molecule has 1 saturated heterocycles. The van der Waals surface area contributed by atoms with Gasteiger partial charge in [-0.05, 0) is 39.2 Å². The minimum Gasteiger partial charge on any atom is -0.338 e. The summed E-state index contributed by atoms with van der Waals surface area (Å²) >= 11 is 0. The molecule has 4 nitrogen and oxygen atoms in total. The lowest BCUT2D eigenvalue weighted by atomic mass is 9.94. The first-order valence-electron chi connectivity index (χ1n) is 6.79. The third kappa shape index (κ3) is 2.47. The van der Waals surface area contributed by atoms with Gasteiger partial charge in [-0.25, -0.2) is 0 Å². The Balaban J connectivity index is 1.97. The SMILES string of the molecule is CCN1CCN(C(=O)C(C)(N)C2CC2)CC1C. The third-order valence-corrected chi connectivity index (χ3v) is 4.34. The summed E-state index contributed by atoms with van der Waals surface area (Å²) in [5.74, 6) is 0.567. The molecule has 1 amide bonds. The Bertz CT molecular complexity index is 299. The molecule has 1 aliphatic carbocycles. The van der Waals surface area contributed by atoms with Gasteiger partial charge in [0, 0.05) is 25.7 Å². The maximum Gasteiger partial charge on any atom is 0.242 e. The molecule has 4 heteroatoms. The second kappa shape index (κ2) is 4.58. The average molecular weight is 239 g/mol. The molecule has 1 heterocycles. The Kier molecular flexibility index (Phi) is 3.46. The normalized spacial score (nSPS) is 30.1. The van der Waals surface area contributed by atoms with Gasteiger partial charge in [0.1, 0.15) is 0 Å². The van der Waals surface area contributed by atoms with Crippen LogP contribution in [-0.2, 0) is 4.79 Å². The molecule has 0 spiro atoms. The standard InChI is InChI=1S/C13H25N3O/c1-4-15-7-8-16(9-10(15)2)12(17)13(3,14)11-5-6-11/h10-11H,4-9,14H2,1-3H3. The molecule has 1 saturated carbocycles. The van der Waals surface area contributed by atoms with E-state index in [1.54, 1.807) is 0 Å². The highest BCUT2D eigenvalue weighted by Crippen LogP contribution is 2.39. The van der Waals surface area contributed by atoms with Crippen LogP contribution < -0.4 is 5.73 Å². The van der Waals surface area contributed by atoms with E-state index in [-0.39, 0.29) is 5.91 Å². The Morgan fingerprint density at radius 1 is 1.41 bits per heavy atom. The lowest BCUT2D eigenvalue weighted by molar-refractivity contribution is -0.140. The van der Waals surface area contributed by atoms with Gasteiger partial charge < -0.3 is 10.6 Å². The van der Waals surface area contributed by atoms with Crippen LogP contribution in [0.25, 0.3) is 0 Å². The maximum atomic E-state index is 12.4. The van der Waals surface area contributed by atoms with Gasteiger partial charge in [-0.3, -0.25) is 9.69 Å². The van der Waals surface area contributed by atoms with Crippen molar-refractivity contribution in [3.63, 3.8) is 0 Å². The van der Waals surface area contributed by atoms with Crippen LogP contribution in [0.2, 0.25) is 0 Å². The summed E-state index contributed by atoms with van der Waals surface area (Å²) in [5, 5.41) is 0. The van der Waals surface area contributed by atoms with Crippen LogP contribution in [0, 0.1) is 5.92 Å². The van der Waals surface area contributed by atoms with Gasteiger partial charge in [0.05, 0.1) is 5.54 Å². The van der Waals surface area contributed by atoms with Crippen molar-refractivity contribution in [2.24, 2.45) is 11.7 Å². The molecule has 0 aromatic rings. The number of carbonyl (C=O) groups is 1. The minimum atomic E-state index is -0.631. The molecule has 2 unspecified atom stereocenters. The fraction of sp³-hybridized carbons (Fsp3) is 0.923. The average Bonchev–Trinajstić information content (AvgIpc) is 3.11. The van der Waals surface area contributed by atoms with Crippen molar-refractivity contribution in [2.75, 3.05) is 26.2 Å². The van der Waals surface area contributed by atoms with Gasteiger partial charge in [-0.2, -0.15) is 0 Å². The Hall–Kier alpha value is -0.610. The number of piperazine rings is 1. The predicted octanol–water partition coefficient (Wildman–Crippen LogP) is 0.666. The van der Waals surface area contributed by atoms with E-state index < -0.39 is 5.54 Å². The molecule has 2 rings (SSSR count). The molecule has 2 N–H and O–H groups in total. The summed E-state index contributed by atoms with van der Waals surface area (Å²) in [4.78, 5) is 16.8. The van der Waals surface area contributed by atoms with Gasteiger partial charge in [-0.15, -0.1) is 0 Å². The molecule has 2 aliphatic rings. The molecule has 2 fully saturated rings. The van der Waals surface area contributed by atoms with E-state index in [0.717, 1.165) is 39.0 Å². The highest BCUT2D eigenvalue weighted by Gasteiger charge is 2.46. The van der Waals surface area contributed by atoms with Gasteiger partial charge in [0.15, 0.2) is 0 Å². The lowest BCUT2D eigenvalue weighted by Crippen LogP contribution is -2.61. The van der Waals surface area contributed by atoms with Crippen LogP contribution in [0.3, 0.4) is 0 Å². The van der Waals surface area contributed by atoms with Crippen LogP contribution in [0.15, 0.2) is 0 Å². The van der Waals surface area contributed by atoms with Crippen LogP contribution in [0.1, 0.15) is 33.6 Å². The van der Waals surface area contributed by atoms with Gasteiger partial charge in [-0.1, -0.05) is 6.92 Å². The van der Waals surface area contributed by atoms with Crippen LogP contribution in [-0.4, -0.2) is 53.5 Å². The second-order valence-electron chi connectivity index (χ2n) is 5.79. The van der Waals surface area contributed by atoms with E-state index >= 15 is 0 Å². The van der Waals surface area contributed by atoms with Crippen LogP contribution >= 0.6 is 0 Å². The zero-order valence-electron chi connectivity index (χ0n) is 11.3. The monoisotopic (exact) mass is 239 g/mol. The summed E-state index contributed by atoms with van der Waals surface area (Å²) in [7, 11) is 0. The van der Waals surface area contributed by atoms with Crippen molar-refractivity contribution in [3.05, 3.63) is 0 Å². The van der Waals surface area contributed by atoms with E-state index in [1.165, 1.54) is 0 Å². The molecule has 98 valence electrons. The van der Waals surface area contributed by atoms with E-state index in [0.29, 0.717) is 12.0 Å². The Morgan fingerprint density at radius 2 is 2.06 bits per heavy atom. The largest absolute Gasteiger partial charge is 0.338 e. The van der Waals surface area contributed by atoms with Crippen molar-refractivity contribution in [1.29, 1.82) is 0 Å². The summed E-state index contributed by atoms with van der Waals surface area (Å²) in [6.07, 6.45) is 2.23. The van der Waals surface area contributed by atoms with E-state index in [1.807, 2.05) is 11.8 Å². The predicted molar refractivity (Wildman–Crippen MR) is 68.6 cm³/mol. The fourth-order valence-electron chi connectivity index (χ4n) is 2.85. The smallest absolute Gasteiger partial charge is 0.242 e. The van der Waals surface area contributed by atoms with Crippen molar-refractivity contribution in [1.82, 2.24) is 9.80 Å². The number of carbonyl (C=O) groups excluding carboxylic acids is 1. The molecule has 2 atom stereocenters. The number of hydrogen-bond donors (Lipinski definition) is 1. The van der Waals surface area contributed by atoms with Crippen molar-refractivity contribution >= 4 is 5.91 Å². The molecule has 0 bridgehead atoms. The number of likely N-dealkylation sites (N-methyl/N-ethyl adjacent to an activating group) is 1. The number of nitrogens with zero attached hydrogens (tertiary/aromatic N) is 2.